The molecule has 0 fully saturated rings. The second-order valence-electron chi connectivity index (χ2n) is 5.43. The zero-order valence-electron chi connectivity index (χ0n) is 11.7. The first-order valence-electron chi connectivity index (χ1n) is 6.19. The van der Waals surface area contributed by atoms with Crippen LogP contribution in [0.15, 0.2) is 30.3 Å². The second kappa shape index (κ2) is 6.17. The van der Waals surface area contributed by atoms with E-state index >= 15 is 0 Å². The summed E-state index contributed by atoms with van der Waals surface area (Å²) in [4.78, 5) is 11.3. The molecule has 20 heavy (non-hydrogen) atoms. The number of aliphatic hydroxyl groups is 1. The third kappa shape index (κ3) is 5.13. The average molecular weight is 287 g/mol. The quantitative estimate of drug-likeness (QED) is 0.895. The zero-order valence-corrected chi connectivity index (χ0v) is 11.7. The lowest BCUT2D eigenvalue weighted by Crippen LogP contribution is -2.42. The van der Waals surface area contributed by atoms with Crippen molar-refractivity contribution in [2.24, 2.45) is 0 Å². The normalized spacial score (nSPS) is 13.7. The third-order valence-electron chi connectivity index (χ3n) is 2.38. The minimum atomic E-state index is -3.49. The van der Waals surface area contributed by atoms with Gasteiger partial charge in [0.2, 0.25) is 0 Å². The maximum atomic E-state index is 13.8. The number of carbonyl (C=O) groups is 1. The van der Waals surface area contributed by atoms with E-state index in [-0.39, 0.29) is 5.56 Å². The molecule has 112 valence electrons. The summed E-state index contributed by atoms with van der Waals surface area (Å²) in [6.45, 7) is 3.88. The molecule has 0 saturated carbocycles. The Morgan fingerprint density at radius 1 is 1.30 bits per heavy atom. The molecule has 2 N–H and O–H groups in total. The third-order valence-corrected chi connectivity index (χ3v) is 2.38. The Bertz CT molecular complexity index is 443. The standard InChI is InChI=1S/C14H19F2NO3/c1-13(2,3)20-12(19)17-9-14(15,16)11(18)10-7-5-4-6-8-10/h4-8,11,18H,9H2,1-3H3,(H,17,19). The van der Waals surface area contributed by atoms with Gasteiger partial charge in [0.05, 0.1) is 6.54 Å². The summed E-state index contributed by atoms with van der Waals surface area (Å²) in [7, 11) is 0. The summed E-state index contributed by atoms with van der Waals surface area (Å²) in [6.07, 6.45) is -2.93. The van der Waals surface area contributed by atoms with Crippen LogP contribution in [0.2, 0.25) is 0 Å². The van der Waals surface area contributed by atoms with E-state index in [1.165, 1.54) is 12.1 Å². The Balaban J connectivity index is 2.59. The van der Waals surface area contributed by atoms with Crippen molar-refractivity contribution in [1.29, 1.82) is 0 Å². The number of amides is 1. The first kappa shape index (κ1) is 16.4. The van der Waals surface area contributed by atoms with Crippen LogP contribution in [0, 0.1) is 0 Å². The van der Waals surface area contributed by atoms with Gasteiger partial charge in [-0.3, -0.25) is 0 Å². The molecule has 0 radical (unpaired) electrons. The Kier molecular flexibility index (Phi) is 5.05. The number of halogens is 2. The SMILES string of the molecule is CC(C)(C)OC(=O)NCC(F)(F)C(O)c1ccccc1. The fourth-order valence-electron chi connectivity index (χ4n) is 1.48. The number of aliphatic hydroxyl groups excluding tert-OH is 1. The molecule has 0 aromatic heterocycles. The van der Waals surface area contributed by atoms with Gasteiger partial charge in [-0.1, -0.05) is 30.3 Å². The molecule has 1 amide bonds. The van der Waals surface area contributed by atoms with Crippen molar-refractivity contribution < 1.29 is 23.4 Å². The van der Waals surface area contributed by atoms with Crippen LogP contribution < -0.4 is 5.32 Å². The highest BCUT2D eigenvalue weighted by atomic mass is 19.3. The molecule has 0 aliphatic carbocycles. The first-order chi connectivity index (χ1) is 9.12. The van der Waals surface area contributed by atoms with Gasteiger partial charge in [0.25, 0.3) is 5.92 Å². The van der Waals surface area contributed by atoms with Gasteiger partial charge in [-0.05, 0) is 26.3 Å². The van der Waals surface area contributed by atoms with Crippen molar-refractivity contribution in [2.45, 2.75) is 38.4 Å². The lowest BCUT2D eigenvalue weighted by molar-refractivity contribution is -0.107. The van der Waals surface area contributed by atoms with Gasteiger partial charge in [0.1, 0.15) is 11.7 Å². The number of alkyl carbamates (subject to hydrolysis) is 1. The maximum Gasteiger partial charge on any atom is 0.407 e. The topological polar surface area (TPSA) is 58.6 Å². The second-order valence-corrected chi connectivity index (χ2v) is 5.43. The highest BCUT2D eigenvalue weighted by Crippen LogP contribution is 2.30. The number of carbonyl (C=O) groups excluding carboxylic acids is 1. The van der Waals surface area contributed by atoms with Crippen LogP contribution in [0.5, 0.6) is 0 Å². The zero-order chi connectivity index (χ0) is 15.4. The number of alkyl halides is 2. The Labute approximate surface area is 116 Å². The highest BCUT2D eigenvalue weighted by Gasteiger charge is 2.40. The molecule has 1 unspecified atom stereocenters. The largest absolute Gasteiger partial charge is 0.444 e. The molecule has 0 aliphatic rings. The van der Waals surface area contributed by atoms with Gasteiger partial charge in [0.15, 0.2) is 0 Å². The number of hydrogen-bond acceptors (Lipinski definition) is 3. The van der Waals surface area contributed by atoms with Crippen molar-refractivity contribution in [3.8, 4) is 0 Å². The smallest absolute Gasteiger partial charge is 0.407 e. The molecule has 1 aromatic carbocycles. The van der Waals surface area contributed by atoms with Gasteiger partial charge < -0.3 is 15.2 Å². The van der Waals surface area contributed by atoms with Crippen molar-refractivity contribution in [3.63, 3.8) is 0 Å². The number of ether oxygens (including phenoxy) is 1. The molecular formula is C14H19F2NO3. The lowest BCUT2D eigenvalue weighted by atomic mass is 10.0. The summed E-state index contributed by atoms with van der Waals surface area (Å²) in [6, 6.07) is 7.55. The summed E-state index contributed by atoms with van der Waals surface area (Å²) >= 11 is 0. The maximum absolute atomic E-state index is 13.8. The molecule has 0 saturated heterocycles. The van der Waals surface area contributed by atoms with E-state index in [9.17, 15) is 18.7 Å². The monoisotopic (exact) mass is 287 g/mol. The van der Waals surface area contributed by atoms with Gasteiger partial charge in [-0.15, -0.1) is 0 Å². The van der Waals surface area contributed by atoms with Crippen molar-refractivity contribution >= 4 is 6.09 Å². The van der Waals surface area contributed by atoms with Gasteiger partial charge in [-0.2, -0.15) is 0 Å². The molecule has 0 bridgehead atoms. The highest BCUT2D eigenvalue weighted by molar-refractivity contribution is 5.67. The van der Waals surface area contributed by atoms with Crippen LogP contribution in [0.4, 0.5) is 13.6 Å². The molecule has 1 atom stereocenters. The number of benzene rings is 1. The Morgan fingerprint density at radius 2 is 1.85 bits per heavy atom. The molecular weight excluding hydrogens is 268 g/mol. The van der Waals surface area contributed by atoms with Gasteiger partial charge >= 0.3 is 6.09 Å². The minimum Gasteiger partial charge on any atom is -0.444 e. The van der Waals surface area contributed by atoms with Crippen LogP contribution in [-0.2, 0) is 4.74 Å². The predicted octanol–water partition coefficient (Wildman–Crippen LogP) is 2.88. The molecule has 4 nitrogen and oxygen atoms in total. The van der Waals surface area contributed by atoms with Crippen LogP contribution >= 0.6 is 0 Å². The van der Waals surface area contributed by atoms with Crippen LogP contribution in [0.25, 0.3) is 0 Å². The average Bonchev–Trinajstić information content (AvgIpc) is 2.35. The fraction of sp³-hybridized carbons (Fsp3) is 0.500. The van der Waals surface area contributed by atoms with Crippen LogP contribution in [-0.4, -0.2) is 29.3 Å². The summed E-state index contributed by atoms with van der Waals surface area (Å²) < 4.78 is 32.4. The fourth-order valence-corrected chi connectivity index (χ4v) is 1.48. The molecule has 0 heterocycles. The van der Waals surface area contributed by atoms with Gasteiger partial charge in [-0.25, -0.2) is 13.6 Å². The van der Waals surface area contributed by atoms with Crippen LogP contribution in [0.3, 0.4) is 0 Å². The first-order valence-corrected chi connectivity index (χ1v) is 6.19. The predicted molar refractivity (Wildman–Crippen MR) is 70.6 cm³/mol. The number of rotatable bonds is 4. The van der Waals surface area contributed by atoms with E-state index in [4.69, 9.17) is 4.74 Å². The molecule has 0 spiro atoms. The molecule has 0 aliphatic heterocycles. The van der Waals surface area contributed by atoms with Crippen molar-refractivity contribution in [3.05, 3.63) is 35.9 Å². The van der Waals surface area contributed by atoms with Gasteiger partial charge in [0, 0.05) is 0 Å². The van der Waals surface area contributed by atoms with E-state index in [0.717, 1.165) is 0 Å². The summed E-state index contributed by atoms with van der Waals surface area (Å²) in [5, 5.41) is 11.6. The van der Waals surface area contributed by atoms with Crippen molar-refractivity contribution in [1.82, 2.24) is 5.32 Å². The number of hydrogen-bond donors (Lipinski definition) is 2. The van der Waals surface area contributed by atoms with Crippen LogP contribution in [0.1, 0.15) is 32.4 Å². The van der Waals surface area contributed by atoms with E-state index in [1.807, 2.05) is 5.32 Å². The lowest BCUT2D eigenvalue weighted by Gasteiger charge is -2.25. The van der Waals surface area contributed by atoms with E-state index in [1.54, 1.807) is 39.0 Å². The molecule has 6 heteroatoms. The minimum absolute atomic E-state index is 0.0866. The van der Waals surface area contributed by atoms with E-state index < -0.39 is 30.3 Å². The van der Waals surface area contributed by atoms with E-state index in [0.29, 0.717) is 0 Å². The van der Waals surface area contributed by atoms with E-state index in [2.05, 4.69) is 0 Å². The summed E-state index contributed by atoms with van der Waals surface area (Å²) in [5.41, 5.74) is -0.680. The Morgan fingerprint density at radius 3 is 2.35 bits per heavy atom. The molecule has 1 aromatic rings. The molecule has 1 rings (SSSR count). The van der Waals surface area contributed by atoms with Crippen molar-refractivity contribution in [2.75, 3.05) is 6.54 Å². The number of nitrogens with one attached hydrogen (secondary N) is 1. The summed E-state index contributed by atoms with van der Waals surface area (Å²) in [5.74, 6) is -3.49. The Hall–Kier alpha value is -1.69.